The summed E-state index contributed by atoms with van der Waals surface area (Å²) in [5, 5.41) is 2.61. The number of methoxy groups -OCH3 is 1. The molecule has 4 N–H and O–H groups in total. The molecule has 0 aliphatic heterocycles. The largest absolute Gasteiger partial charge is 0.497 e. The SMILES string of the molecule is COc1ccc(C#CCCNC(=O)OC(C)(C)C)c(C(=O)NN)c1. The molecule has 0 aliphatic carbocycles. The number of alkyl carbamates (subject to hydrolysis) is 1. The van der Waals surface area contributed by atoms with Crippen molar-refractivity contribution >= 4 is 12.0 Å². The lowest BCUT2D eigenvalue weighted by molar-refractivity contribution is 0.0529. The van der Waals surface area contributed by atoms with Crippen LogP contribution in [0.3, 0.4) is 0 Å². The average Bonchev–Trinajstić information content (AvgIpc) is 2.52. The summed E-state index contributed by atoms with van der Waals surface area (Å²) >= 11 is 0. The maximum Gasteiger partial charge on any atom is 0.407 e. The lowest BCUT2D eigenvalue weighted by Crippen LogP contribution is -2.32. The number of hydrogen-bond donors (Lipinski definition) is 3. The van der Waals surface area contributed by atoms with Gasteiger partial charge in [0, 0.05) is 18.5 Å². The third kappa shape index (κ3) is 6.58. The summed E-state index contributed by atoms with van der Waals surface area (Å²) in [6, 6.07) is 4.94. The third-order valence-electron chi connectivity index (χ3n) is 2.74. The summed E-state index contributed by atoms with van der Waals surface area (Å²) < 4.78 is 10.2. The molecular formula is C17H23N3O4. The third-order valence-corrected chi connectivity index (χ3v) is 2.74. The summed E-state index contributed by atoms with van der Waals surface area (Å²) in [4.78, 5) is 23.3. The molecule has 0 unspecified atom stereocenters. The zero-order chi connectivity index (χ0) is 18.2. The van der Waals surface area contributed by atoms with E-state index in [0.29, 0.717) is 29.8 Å². The minimum absolute atomic E-state index is 0.324. The van der Waals surface area contributed by atoms with Crippen molar-refractivity contribution in [2.75, 3.05) is 13.7 Å². The van der Waals surface area contributed by atoms with Gasteiger partial charge in [-0.1, -0.05) is 11.8 Å². The Hall–Kier alpha value is -2.72. The van der Waals surface area contributed by atoms with E-state index in [1.165, 1.54) is 7.11 Å². The highest BCUT2D eigenvalue weighted by Crippen LogP contribution is 2.17. The number of carbonyl (C=O) groups is 2. The van der Waals surface area contributed by atoms with Gasteiger partial charge in [-0.2, -0.15) is 0 Å². The molecule has 130 valence electrons. The molecule has 0 saturated heterocycles. The van der Waals surface area contributed by atoms with E-state index in [1.54, 1.807) is 39.0 Å². The van der Waals surface area contributed by atoms with Gasteiger partial charge < -0.3 is 14.8 Å². The van der Waals surface area contributed by atoms with Crippen molar-refractivity contribution in [3.05, 3.63) is 29.3 Å². The van der Waals surface area contributed by atoms with Gasteiger partial charge in [0.15, 0.2) is 0 Å². The monoisotopic (exact) mass is 333 g/mol. The molecule has 0 aromatic heterocycles. The first-order valence-corrected chi connectivity index (χ1v) is 7.41. The summed E-state index contributed by atoms with van der Waals surface area (Å²) in [6.07, 6.45) is -0.0773. The van der Waals surface area contributed by atoms with Crippen molar-refractivity contribution in [1.29, 1.82) is 0 Å². The highest BCUT2D eigenvalue weighted by Gasteiger charge is 2.15. The molecule has 0 radical (unpaired) electrons. The number of rotatable bonds is 4. The van der Waals surface area contributed by atoms with Crippen LogP contribution in [-0.2, 0) is 4.74 Å². The van der Waals surface area contributed by atoms with Gasteiger partial charge in [0.05, 0.1) is 12.7 Å². The fourth-order valence-corrected chi connectivity index (χ4v) is 1.72. The molecule has 1 rings (SSSR count). The normalized spacial score (nSPS) is 10.2. The standard InChI is InChI=1S/C17H23N3O4/c1-17(2,3)24-16(22)19-10-6-5-7-12-8-9-13(23-4)11-14(12)15(21)20-18/h8-9,11H,6,10,18H2,1-4H3,(H,19,22)(H,20,21). The number of nitrogens with one attached hydrogen (secondary N) is 2. The summed E-state index contributed by atoms with van der Waals surface area (Å²) in [7, 11) is 1.51. The van der Waals surface area contributed by atoms with E-state index in [0.717, 1.165) is 0 Å². The van der Waals surface area contributed by atoms with Gasteiger partial charge in [-0.05, 0) is 39.0 Å². The fourth-order valence-electron chi connectivity index (χ4n) is 1.72. The maximum absolute atomic E-state index is 11.8. The Bertz CT molecular complexity index is 654. The lowest BCUT2D eigenvalue weighted by Gasteiger charge is -2.19. The minimum Gasteiger partial charge on any atom is -0.497 e. The van der Waals surface area contributed by atoms with Crippen molar-refractivity contribution < 1.29 is 19.1 Å². The highest BCUT2D eigenvalue weighted by molar-refractivity contribution is 5.96. The van der Waals surface area contributed by atoms with E-state index in [9.17, 15) is 9.59 Å². The molecular weight excluding hydrogens is 310 g/mol. The Morgan fingerprint density at radius 2 is 2.00 bits per heavy atom. The number of hydrogen-bond acceptors (Lipinski definition) is 5. The zero-order valence-corrected chi connectivity index (χ0v) is 14.4. The van der Waals surface area contributed by atoms with Crippen LogP contribution in [0.2, 0.25) is 0 Å². The summed E-state index contributed by atoms with van der Waals surface area (Å²) in [5.41, 5.74) is 2.38. The Kier molecular flexibility index (Phi) is 7.08. The van der Waals surface area contributed by atoms with Crippen LogP contribution in [-0.4, -0.2) is 31.3 Å². The molecule has 0 heterocycles. The van der Waals surface area contributed by atoms with E-state index in [4.69, 9.17) is 15.3 Å². The van der Waals surface area contributed by atoms with E-state index in [1.807, 2.05) is 0 Å². The molecule has 7 nitrogen and oxygen atoms in total. The second-order valence-electron chi connectivity index (χ2n) is 5.87. The summed E-state index contributed by atoms with van der Waals surface area (Å²) in [6.45, 7) is 5.72. The van der Waals surface area contributed by atoms with E-state index < -0.39 is 17.6 Å². The molecule has 0 fully saturated rings. The van der Waals surface area contributed by atoms with Gasteiger partial charge in [0.25, 0.3) is 5.91 Å². The second kappa shape index (κ2) is 8.79. The van der Waals surface area contributed by atoms with Gasteiger partial charge in [-0.25, -0.2) is 10.6 Å². The predicted molar refractivity (Wildman–Crippen MR) is 90.4 cm³/mol. The Labute approximate surface area is 141 Å². The van der Waals surface area contributed by atoms with E-state index in [2.05, 4.69) is 22.6 Å². The molecule has 0 bridgehead atoms. The van der Waals surface area contributed by atoms with Crippen LogP contribution < -0.4 is 21.3 Å². The van der Waals surface area contributed by atoms with E-state index in [-0.39, 0.29) is 0 Å². The molecule has 7 heteroatoms. The maximum atomic E-state index is 11.8. The number of carbonyl (C=O) groups excluding carboxylic acids is 2. The van der Waals surface area contributed by atoms with Crippen LogP contribution in [0.1, 0.15) is 43.1 Å². The molecule has 24 heavy (non-hydrogen) atoms. The van der Waals surface area contributed by atoms with E-state index >= 15 is 0 Å². The van der Waals surface area contributed by atoms with Crippen molar-refractivity contribution in [3.63, 3.8) is 0 Å². The molecule has 2 amide bonds. The molecule has 1 aromatic rings. The van der Waals surface area contributed by atoms with Crippen molar-refractivity contribution in [2.24, 2.45) is 5.84 Å². The quantitative estimate of drug-likeness (QED) is 0.255. The molecule has 0 saturated carbocycles. The minimum atomic E-state index is -0.538. The van der Waals surface area contributed by atoms with Crippen molar-refractivity contribution in [3.8, 4) is 17.6 Å². The molecule has 0 spiro atoms. The van der Waals surface area contributed by atoms with Crippen molar-refractivity contribution in [1.82, 2.24) is 10.7 Å². The van der Waals surface area contributed by atoms with Crippen LogP contribution >= 0.6 is 0 Å². The average molecular weight is 333 g/mol. The summed E-state index contributed by atoms with van der Waals surface area (Å²) in [5.74, 6) is 11.0. The molecule has 0 aliphatic rings. The van der Waals surface area contributed by atoms with Crippen LogP contribution in [0.5, 0.6) is 5.75 Å². The number of hydrazine groups is 1. The first-order valence-electron chi connectivity index (χ1n) is 7.41. The van der Waals surface area contributed by atoms with Gasteiger partial charge in [0.2, 0.25) is 0 Å². The van der Waals surface area contributed by atoms with Crippen molar-refractivity contribution in [2.45, 2.75) is 32.8 Å². The highest BCUT2D eigenvalue weighted by atomic mass is 16.6. The van der Waals surface area contributed by atoms with Crippen LogP contribution in [0.25, 0.3) is 0 Å². The Balaban J connectivity index is 2.66. The lowest BCUT2D eigenvalue weighted by atomic mass is 10.1. The Morgan fingerprint density at radius 1 is 1.29 bits per heavy atom. The zero-order valence-electron chi connectivity index (χ0n) is 14.4. The van der Waals surface area contributed by atoms with Gasteiger partial charge in [0.1, 0.15) is 11.4 Å². The Morgan fingerprint density at radius 3 is 2.58 bits per heavy atom. The molecule has 0 atom stereocenters. The number of ether oxygens (including phenoxy) is 2. The first kappa shape index (κ1) is 19.3. The smallest absolute Gasteiger partial charge is 0.407 e. The van der Waals surface area contributed by atoms with Gasteiger partial charge in [-0.15, -0.1) is 0 Å². The van der Waals surface area contributed by atoms with Crippen LogP contribution in [0.15, 0.2) is 18.2 Å². The number of nitrogens with two attached hydrogens (primary N) is 1. The molecule has 1 aromatic carbocycles. The van der Waals surface area contributed by atoms with Crippen LogP contribution in [0, 0.1) is 11.8 Å². The number of amides is 2. The fraction of sp³-hybridized carbons (Fsp3) is 0.412. The number of benzene rings is 1. The topological polar surface area (TPSA) is 103 Å². The predicted octanol–water partition coefficient (Wildman–Crippen LogP) is 1.56. The second-order valence-corrected chi connectivity index (χ2v) is 5.87. The first-order chi connectivity index (χ1) is 11.3. The van der Waals surface area contributed by atoms with Gasteiger partial charge >= 0.3 is 6.09 Å². The van der Waals surface area contributed by atoms with Gasteiger partial charge in [-0.3, -0.25) is 10.2 Å². The number of nitrogen functional groups attached to an aromatic ring is 1. The van der Waals surface area contributed by atoms with Crippen LogP contribution in [0.4, 0.5) is 4.79 Å².